The summed E-state index contributed by atoms with van der Waals surface area (Å²) in [5.41, 5.74) is 1.41. The van der Waals surface area contributed by atoms with Crippen molar-refractivity contribution in [3.05, 3.63) is 107 Å². The van der Waals surface area contributed by atoms with E-state index in [-0.39, 0.29) is 12.2 Å². The van der Waals surface area contributed by atoms with E-state index < -0.39 is 17.3 Å². The van der Waals surface area contributed by atoms with E-state index in [4.69, 9.17) is 0 Å². The predicted octanol–water partition coefficient (Wildman–Crippen LogP) is 2.80. The van der Waals surface area contributed by atoms with Crippen LogP contribution in [0.5, 0.6) is 0 Å². The van der Waals surface area contributed by atoms with Crippen LogP contribution in [0.1, 0.15) is 16.1 Å². The van der Waals surface area contributed by atoms with Crippen molar-refractivity contribution in [2.24, 2.45) is 0 Å². The average molecular weight is 486 g/mol. The van der Waals surface area contributed by atoms with E-state index in [9.17, 15) is 14.0 Å². The summed E-state index contributed by atoms with van der Waals surface area (Å²) < 4.78 is 14.6. The maximum atomic E-state index is 13.5. The number of rotatable bonds is 6. The average Bonchev–Trinajstić information content (AvgIpc) is 2.91. The van der Waals surface area contributed by atoms with Gasteiger partial charge in [-0.05, 0) is 35.9 Å². The van der Waals surface area contributed by atoms with Gasteiger partial charge in [0.05, 0.1) is 6.54 Å². The minimum Gasteiger partial charge on any atom is -0.368 e. The number of nitrogens with zero attached hydrogens (tertiary/aromatic N) is 6. The normalized spacial score (nSPS) is 13.5. The summed E-state index contributed by atoms with van der Waals surface area (Å²) in [6.07, 6.45) is 1.41. The Morgan fingerprint density at radius 3 is 2.44 bits per heavy atom. The Morgan fingerprint density at radius 2 is 1.67 bits per heavy atom. The third-order valence-corrected chi connectivity index (χ3v) is 5.94. The molecule has 9 nitrogen and oxygen atoms in total. The Labute approximate surface area is 206 Å². The molecule has 5 rings (SSSR count). The molecule has 0 unspecified atom stereocenters. The number of para-hydroxylation sites is 1. The topological polar surface area (TPSA) is 96.3 Å². The molecule has 0 spiro atoms. The first-order valence-corrected chi connectivity index (χ1v) is 11.6. The number of carbonyl (C=O) groups excluding carboxylic acids is 1. The number of amides is 1. The molecule has 0 aliphatic carbocycles. The van der Waals surface area contributed by atoms with Gasteiger partial charge in [0.15, 0.2) is 0 Å². The number of piperazine rings is 1. The second-order valence-corrected chi connectivity index (χ2v) is 8.37. The van der Waals surface area contributed by atoms with Crippen LogP contribution in [-0.2, 0) is 6.54 Å². The Hall–Kier alpha value is -4.60. The molecule has 1 aliphatic rings. The van der Waals surface area contributed by atoms with Crippen molar-refractivity contribution in [1.29, 1.82) is 0 Å². The summed E-state index contributed by atoms with van der Waals surface area (Å²) in [6.45, 7) is 3.32. The highest BCUT2D eigenvalue weighted by atomic mass is 19.1. The van der Waals surface area contributed by atoms with Crippen molar-refractivity contribution in [3.63, 3.8) is 0 Å². The van der Waals surface area contributed by atoms with Crippen molar-refractivity contribution < 1.29 is 9.18 Å². The second-order valence-electron chi connectivity index (χ2n) is 8.37. The van der Waals surface area contributed by atoms with Crippen LogP contribution in [0.4, 0.5) is 21.7 Å². The van der Waals surface area contributed by atoms with Gasteiger partial charge in [-0.1, -0.05) is 30.3 Å². The zero-order valence-electron chi connectivity index (χ0n) is 19.4. The molecule has 0 saturated carbocycles. The van der Waals surface area contributed by atoms with Crippen molar-refractivity contribution in [2.45, 2.75) is 6.54 Å². The van der Waals surface area contributed by atoms with Crippen molar-refractivity contribution in [1.82, 2.24) is 19.7 Å². The maximum Gasteiger partial charge on any atom is 0.277 e. The fourth-order valence-electron chi connectivity index (χ4n) is 4.09. The van der Waals surface area contributed by atoms with E-state index in [1.807, 2.05) is 18.2 Å². The summed E-state index contributed by atoms with van der Waals surface area (Å²) in [4.78, 5) is 38.1. The van der Waals surface area contributed by atoms with Crippen molar-refractivity contribution in [3.8, 4) is 0 Å². The highest BCUT2D eigenvalue weighted by Crippen LogP contribution is 2.20. The lowest BCUT2D eigenvalue weighted by molar-refractivity contribution is 0.101. The van der Waals surface area contributed by atoms with Gasteiger partial charge in [0.25, 0.3) is 11.5 Å². The van der Waals surface area contributed by atoms with Crippen LogP contribution < -0.4 is 20.7 Å². The van der Waals surface area contributed by atoms with Crippen LogP contribution in [0.15, 0.2) is 83.9 Å². The van der Waals surface area contributed by atoms with Gasteiger partial charge in [0, 0.05) is 44.0 Å². The molecule has 36 heavy (non-hydrogen) atoms. The Balaban J connectivity index is 1.25. The van der Waals surface area contributed by atoms with Gasteiger partial charge in [-0.15, -0.1) is 0 Å². The van der Waals surface area contributed by atoms with Crippen LogP contribution in [0, 0.1) is 5.82 Å². The molecule has 2 aromatic carbocycles. The van der Waals surface area contributed by atoms with Gasteiger partial charge in [-0.2, -0.15) is 5.10 Å². The molecule has 1 amide bonds. The molecule has 4 aromatic rings. The molecular weight excluding hydrogens is 461 g/mol. The number of benzene rings is 2. The van der Waals surface area contributed by atoms with Gasteiger partial charge in [-0.25, -0.2) is 19.0 Å². The van der Waals surface area contributed by atoms with Crippen LogP contribution in [-0.4, -0.2) is 51.8 Å². The largest absolute Gasteiger partial charge is 0.368 e. The Kier molecular flexibility index (Phi) is 6.65. The molecule has 3 heterocycles. The molecular formula is C26H24FN7O2. The van der Waals surface area contributed by atoms with Crippen LogP contribution in [0.3, 0.4) is 0 Å². The smallest absolute Gasteiger partial charge is 0.277 e. The van der Waals surface area contributed by atoms with Gasteiger partial charge in [-0.3, -0.25) is 9.59 Å². The molecule has 0 bridgehead atoms. The number of nitrogens with one attached hydrogen (secondary N) is 1. The minimum atomic E-state index is -0.512. The zero-order valence-corrected chi connectivity index (χ0v) is 19.4. The van der Waals surface area contributed by atoms with Crippen molar-refractivity contribution in [2.75, 3.05) is 41.3 Å². The molecule has 0 atom stereocenters. The van der Waals surface area contributed by atoms with Gasteiger partial charge < -0.3 is 15.1 Å². The maximum absolute atomic E-state index is 13.5. The lowest BCUT2D eigenvalue weighted by atomic mass is 10.2. The first-order chi connectivity index (χ1) is 17.5. The van der Waals surface area contributed by atoms with Gasteiger partial charge in [0.2, 0.25) is 0 Å². The van der Waals surface area contributed by atoms with E-state index >= 15 is 0 Å². The number of aromatic nitrogens is 4. The van der Waals surface area contributed by atoms with E-state index in [0.717, 1.165) is 36.7 Å². The van der Waals surface area contributed by atoms with E-state index in [2.05, 4.69) is 42.3 Å². The summed E-state index contributed by atoms with van der Waals surface area (Å²) in [5.74, 6) is 0.134. The SMILES string of the molecule is O=C(Nc1cc(N2CCN(c3ccccc3)CC2)ncn1)c1ccc(=O)n(Cc2cccc(F)c2)n1. The van der Waals surface area contributed by atoms with Gasteiger partial charge >= 0.3 is 0 Å². The van der Waals surface area contributed by atoms with Crippen molar-refractivity contribution >= 4 is 23.2 Å². The molecule has 0 radical (unpaired) electrons. The Morgan fingerprint density at radius 1 is 0.889 bits per heavy atom. The Bertz CT molecular complexity index is 1420. The van der Waals surface area contributed by atoms with Crippen LogP contribution >= 0.6 is 0 Å². The van der Waals surface area contributed by atoms with Crippen LogP contribution in [0.2, 0.25) is 0 Å². The lowest BCUT2D eigenvalue weighted by Crippen LogP contribution is -2.46. The first kappa shape index (κ1) is 23.2. The first-order valence-electron chi connectivity index (χ1n) is 11.6. The highest BCUT2D eigenvalue weighted by Gasteiger charge is 2.19. The molecule has 2 aromatic heterocycles. The van der Waals surface area contributed by atoms with Gasteiger partial charge in [0.1, 0.15) is 29.5 Å². The minimum absolute atomic E-state index is 0.0441. The second kappa shape index (κ2) is 10.3. The monoisotopic (exact) mass is 485 g/mol. The molecule has 1 fully saturated rings. The van der Waals surface area contributed by atoms with E-state index in [1.54, 1.807) is 18.2 Å². The third kappa shape index (κ3) is 5.38. The van der Waals surface area contributed by atoms with E-state index in [1.165, 1.54) is 36.3 Å². The number of halogens is 1. The fourth-order valence-corrected chi connectivity index (χ4v) is 4.09. The number of carbonyl (C=O) groups is 1. The number of hydrogen-bond acceptors (Lipinski definition) is 7. The van der Waals surface area contributed by atoms with E-state index in [0.29, 0.717) is 11.4 Å². The molecule has 1 N–H and O–H groups in total. The molecule has 10 heteroatoms. The highest BCUT2D eigenvalue weighted by molar-refractivity contribution is 6.02. The zero-order chi connectivity index (χ0) is 24.9. The summed E-state index contributed by atoms with van der Waals surface area (Å²) in [6, 6.07) is 20.5. The lowest BCUT2D eigenvalue weighted by Gasteiger charge is -2.36. The summed E-state index contributed by atoms with van der Waals surface area (Å²) >= 11 is 0. The number of anilines is 3. The number of hydrogen-bond donors (Lipinski definition) is 1. The summed E-state index contributed by atoms with van der Waals surface area (Å²) in [7, 11) is 0. The predicted molar refractivity (Wildman–Crippen MR) is 135 cm³/mol. The molecule has 1 saturated heterocycles. The summed E-state index contributed by atoms with van der Waals surface area (Å²) in [5, 5.41) is 6.88. The molecule has 182 valence electrons. The fraction of sp³-hybridized carbons (Fsp3) is 0.192. The standard InChI is InChI=1S/C26H24FN7O2/c27-20-6-4-5-19(15-20)17-34-25(35)10-9-22(31-34)26(36)30-23-16-24(29-18-28-23)33-13-11-32(12-14-33)21-7-2-1-3-8-21/h1-10,15-16,18H,11-14,17H2,(H,28,29,30,36). The molecule has 1 aliphatic heterocycles. The quantitative estimate of drug-likeness (QED) is 0.449. The van der Waals surface area contributed by atoms with Crippen LogP contribution in [0.25, 0.3) is 0 Å². The third-order valence-electron chi connectivity index (χ3n) is 5.94.